The minimum Gasteiger partial charge on any atom is -0.469 e. The van der Waals surface area contributed by atoms with Gasteiger partial charge >= 0.3 is 5.97 Å². The second-order valence-electron chi connectivity index (χ2n) is 7.64. The maximum Gasteiger partial charge on any atom is 0.307 e. The number of carbonyl (C=O) groups is 6. The molecule has 0 aliphatic rings. The van der Waals surface area contributed by atoms with E-state index < -0.39 is 41.7 Å². The number of carbonyl (C=O) groups excluding carboxylic acids is 6. The summed E-state index contributed by atoms with van der Waals surface area (Å²) in [6.45, 7) is 6.66. The van der Waals surface area contributed by atoms with Crippen LogP contribution in [0.2, 0.25) is 0 Å². The molecule has 0 spiro atoms. The average molecular weight is 672 g/mol. The normalized spacial score (nSPS) is 10.4. The quantitative estimate of drug-likeness (QED) is 0.136. The van der Waals surface area contributed by atoms with Gasteiger partial charge in [-0.2, -0.15) is 0 Å². The van der Waals surface area contributed by atoms with E-state index >= 15 is 0 Å². The van der Waals surface area contributed by atoms with Crippen molar-refractivity contribution in [2.24, 2.45) is 0 Å². The van der Waals surface area contributed by atoms with E-state index in [4.69, 9.17) is 0 Å². The molecule has 0 rings (SSSR count). The van der Waals surface area contributed by atoms with Gasteiger partial charge in [-0.15, -0.1) is 0 Å². The van der Waals surface area contributed by atoms with Gasteiger partial charge in [0.05, 0.1) is 13.5 Å². The Bertz CT molecular complexity index is 689. The van der Waals surface area contributed by atoms with Crippen LogP contribution in [0.1, 0.15) is 125 Å². The number of ketones is 3. The fourth-order valence-corrected chi connectivity index (χ4v) is 3.04. The molecule has 3 N–H and O–H groups in total. The van der Waals surface area contributed by atoms with Gasteiger partial charge in [-0.25, -0.2) is 0 Å². The molecule has 0 heterocycles. The Morgan fingerprint density at radius 1 is 0.610 bits per heavy atom. The summed E-state index contributed by atoms with van der Waals surface area (Å²) in [4.78, 5) is 71.5. The van der Waals surface area contributed by atoms with E-state index in [0.29, 0.717) is 0 Å². The first-order valence-corrected chi connectivity index (χ1v) is 10.7. The zero-order valence-corrected chi connectivity index (χ0v) is 22.9. The van der Waals surface area contributed by atoms with Crippen molar-refractivity contribution < 1.29 is 66.2 Å². The molecular formula is C30H68N3O7Y-. The van der Waals surface area contributed by atoms with Gasteiger partial charge in [0.25, 0.3) is 0 Å². The van der Waals surface area contributed by atoms with Crippen LogP contribution >= 0.6 is 0 Å². The van der Waals surface area contributed by atoms with Crippen LogP contribution in [0.3, 0.4) is 0 Å². The maximum absolute atomic E-state index is 12.5. The molecule has 41 heavy (non-hydrogen) atoms. The Kier molecular flexibility index (Phi) is 62.8. The summed E-state index contributed by atoms with van der Waals surface area (Å²) >= 11 is 0. The molecule has 3 atom stereocenters. The summed E-state index contributed by atoms with van der Waals surface area (Å²) in [6.07, 6.45) is 0.161. The van der Waals surface area contributed by atoms with E-state index in [9.17, 15) is 28.8 Å². The van der Waals surface area contributed by atoms with Gasteiger partial charge in [0.1, 0.15) is 11.6 Å². The fourth-order valence-electron chi connectivity index (χ4n) is 3.04. The van der Waals surface area contributed by atoms with Crippen molar-refractivity contribution in [2.75, 3.05) is 14.2 Å². The van der Waals surface area contributed by atoms with Crippen molar-refractivity contribution in [1.29, 1.82) is 0 Å². The van der Waals surface area contributed by atoms with Gasteiger partial charge in [0.2, 0.25) is 11.8 Å². The van der Waals surface area contributed by atoms with Crippen LogP contribution in [0, 0.1) is 6.92 Å². The fraction of sp³-hybridized carbons (Fsp3) is 0.767. The van der Waals surface area contributed by atoms with Gasteiger partial charge in [-0.3, -0.25) is 24.0 Å². The van der Waals surface area contributed by atoms with Gasteiger partial charge in [-0.1, -0.05) is 73.3 Å². The van der Waals surface area contributed by atoms with Gasteiger partial charge in [0.15, 0.2) is 0 Å². The van der Waals surface area contributed by atoms with E-state index in [1.165, 1.54) is 7.11 Å². The van der Waals surface area contributed by atoms with E-state index in [-0.39, 0.29) is 155 Å². The van der Waals surface area contributed by atoms with Crippen molar-refractivity contribution in [3.63, 3.8) is 0 Å². The standard InChI is InChI=1S/C22H36N3O7.8CH4.Y/c1-6-18(27)9-16(8-14(3)26)24-21(30)12-17(10-19(28)7-2)25-20(29)11-15(23-4)13-22(31)32-5;;;;;;;;;/h15-17,23H,3,6-13H2,1-2,4-5H3,(H,24,30)(H,25,29);8*1H4;/q-1;;;;;;;;;. The Labute approximate surface area is 279 Å². The first kappa shape index (κ1) is 67.2. The van der Waals surface area contributed by atoms with Crippen LogP contribution in [0.5, 0.6) is 0 Å². The van der Waals surface area contributed by atoms with Gasteiger partial charge in [0, 0.05) is 89.4 Å². The van der Waals surface area contributed by atoms with Crippen LogP contribution in [-0.4, -0.2) is 67.4 Å². The van der Waals surface area contributed by atoms with Crippen molar-refractivity contribution in [3.8, 4) is 0 Å². The van der Waals surface area contributed by atoms with Crippen molar-refractivity contribution in [1.82, 2.24) is 16.0 Å². The molecule has 0 aliphatic heterocycles. The number of esters is 1. The SMILES string of the molecule is C.C.C.C.C.C.C.C.[CH2-]C(=O)CC(CC(=O)CC)NC(=O)CC(CC(=O)CC)NC(=O)CC(CC(=O)OC)NC.[Y]. The molecule has 2 amide bonds. The van der Waals surface area contributed by atoms with E-state index in [2.05, 4.69) is 27.6 Å². The van der Waals surface area contributed by atoms with E-state index in [0.717, 1.165) is 0 Å². The third-order valence-corrected chi connectivity index (χ3v) is 4.85. The molecule has 0 aromatic carbocycles. The summed E-state index contributed by atoms with van der Waals surface area (Å²) in [7, 11) is 2.86. The molecule has 10 nitrogen and oxygen atoms in total. The van der Waals surface area contributed by atoms with Crippen molar-refractivity contribution in [2.45, 2.75) is 143 Å². The zero-order chi connectivity index (χ0) is 24.7. The number of rotatable bonds is 17. The topological polar surface area (TPSA) is 148 Å². The summed E-state index contributed by atoms with van der Waals surface area (Å²) in [5, 5.41) is 8.17. The molecule has 0 aliphatic carbocycles. The Hall–Kier alpha value is -1.65. The third-order valence-electron chi connectivity index (χ3n) is 4.85. The average Bonchev–Trinajstić information content (AvgIpc) is 2.71. The summed E-state index contributed by atoms with van der Waals surface area (Å²) in [6, 6.07) is -1.92. The molecule has 249 valence electrons. The molecule has 0 aromatic rings. The largest absolute Gasteiger partial charge is 0.469 e. The predicted octanol–water partition coefficient (Wildman–Crippen LogP) is 5.51. The first-order chi connectivity index (χ1) is 15.0. The minimum absolute atomic E-state index is 0. The number of methoxy groups -OCH3 is 1. The molecule has 11 heteroatoms. The number of hydrogen-bond donors (Lipinski definition) is 3. The van der Waals surface area contributed by atoms with E-state index in [1.54, 1.807) is 20.9 Å². The third kappa shape index (κ3) is 34.5. The molecule has 0 saturated carbocycles. The Balaban J connectivity index is -0.000000133. The van der Waals surface area contributed by atoms with Crippen LogP contribution < -0.4 is 16.0 Å². The van der Waals surface area contributed by atoms with Crippen molar-refractivity contribution >= 4 is 35.1 Å². The Morgan fingerprint density at radius 2 is 0.951 bits per heavy atom. The zero-order valence-electron chi connectivity index (χ0n) is 20.0. The number of hydrogen-bond acceptors (Lipinski definition) is 8. The summed E-state index contributed by atoms with van der Waals surface area (Å²) in [5.41, 5.74) is 0. The number of Topliss-reactive ketones (excluding diaryl/α,β-unsaturated/α-hetero) is 3. The Morgan fingerprint density at radius 3 is 1.24 bits per heavy atom. The smallest absolute Gasteiger partial charge is 0.307 e. The summed E-state index contributed by atoms with van der Waals surface area (Å²) < 4.78 is 4.60. The second kappa shape index (κ2) is 38.4. The maximum atomic E-state index is 12.5. The minimum atomic E-state index is -0.761. The predicted molar refractivity (Wildman–Crippen MR) is 171 cm³/mol. The second-order valence-corrected chi connectivity index (χ2v) is 7.64. The van der Waals surface area contributed by atoms with Crippen LogP contribution in [-0.2, 0) is 66.2 Å². The van der Waals surface area contributed by atoms with E-state index in [1.807, 2.05) is 0 Å². The van der Waals surface area contributed by atoms with Gasteiger partial charge in [-0.05, 0) is 19.3 Å². The molecule has 1 radical (unpaired) electrons. The number of nitrogens with one attached hydrogen (secondary N) is 3. The monoisotopic (exact) mass is 671 g/mol. The molecule has 0 aromatic heterocycles. The van der Waals surface area contributed by atoms with Gasteiger partial charge < -0.3 is 32.4 Å². The van der Waals surface area contributed by atoms with Crippen LogP contribution in [0.4, 0.5) is 0 Å². The van der Waals surface area contributed by atoms with Crippen LogP contribution in [0.25, 0.3) is 0 Å². The van der Waals surface area contributed by atoms with Crippen molar-refractivity contribution in [3.05, 3.63) is 6.92 Å². The summed E-state index contributed by atoms with van der Waals surface area (Å²) in [5.74, 6) is -2.04. The number of amides is 2. The van der Waals surface area contributed by atoms with Crippen LogP contribution in [0.15, 0.2) is 0 Å². The molecule has 3 unspecified atom stereocenters. The first-order valence-electron chi connectivity index (χ1n) is 10.7. The molecule has 0 fully saturated rings. The number of ether oxygens (including phenoxy) is 1. The molecular weight excluding hydrogens is 603 g/mol. The molecule has 0 bridgehead atoms. The molecule has 0 saturated heterocycles.